The van der Waals surface area contributed by atoms with E-state index in [2.05, 4.69) is 5.32 Å². The van der Waals surface area contributed by atoms with Gasteiger partial charge in [-0.2, -0.15) is 24.9 Å². The van der Waals surface area contributed by atoms with Crippen LogP contribution in [0.25, 0.3) is 0 Å². The van der Waals surface area contributed by atoms with E-state index in [1.165, 1.54) is 23.9 Å². The summed E-state index contributed by atoms with van der Waals surface area (Å²) in [6.45, 7) is 2.12. The Balaban J connectivity index is 2.58. The van der Waals surface area contributed by atoms with Crippen LogP contribution in [0.1, 0.15) is 24.2 Å². The van der Waals surface area contributed by atoms with E-state index in [0.29, 0.717) is 5.56 Å². The molecule has 120 valence electrons. The molecular weight excluding hydrogens is 303 g/mol. The van der Waals surface area contributed by atoms with Gasteiger partial charge >= 0.3 is 6.18 Å². The number of aliphatic hydroxyl groups excluding tert-OH is 2. The Morgan fingerprint density at radius 2 is 1.81 bits per heavy atom. The molecule has 3 N–H and O–H groups in total. The molecule has 21 heavy (non-hydrogen) atoms. The van der Waals surface area contributed by atoms with Crippen LogP contribution >= 0.6 is 11.8 Å². The largest absolute Gasteiger partial charge is 0.416 e. The molecule has 0 aliphatic heterocycles. The van der Waals surface area contributed by atoms with Crippen molar-refractivity contribution < 1.29 is 23.4 Å². The van der Waals surface area contributed by atoms with Crippen molar-refractivity contribution in [3.8, 4) is 0 Å². The molecule has 0 amide bonds. The highest BCUT2D eigenvalue weighted by Crippen LogP contribution is 2.29. The Kier molecular flexibility index (Phi) is 6.99. The van der Waals surface area contributed by atoms with Gasteiger partial charge in [0.25, 0.3) is 0 Å². The van der Waals surface area contributed by atoms with Crippen molar-refractivity contribution in [2.75, 3.05) is 19.4 Å². The van der Waals surface area contributed by atoms with E-state index in [-0.39, 0.29) is 24.4 Å². The van der Waals surface area contributed by atoms with Gasteiger partial charge in [0.15, 0.2) is 0 Å². The van der Waals surface area contributed by atoms with Gasteiger partial charge in [0, 0.05) is 17.8 Å². The van der Waals surface area contributed by atoms with Crippen molar-refractivity contribution >= 4 is 11.8 Å². The summed E-state index contributed by atoms with van der Waals surface area (Å²) in [5.74, 6) is 0. The second-order valence-electron chi connectivity index (χ2n) is 4.79. The number of alkyl halides is 3. The molecule has 1 aromatic carbocycles. The van der Waals surface area contributed by atoms with Crippen molar-refractivity contribution in [1.82, 2.24) is 5.32 Å². The first-order valence-electron chi connectivity index (χ1n) is 6.51. The van der Waals surface area contributed by atoms with Crippen LogP contribution in [0, 0.1) is 0 Å². The van der Waals surface area contributed by atoms with Crippen molar-refractivity contribution in [3.63, 3.8) is 0 Å². The molecule has 1 aromatic rings. The third kappa shape index (κ3) is 5.50. The fourth-order valence-corrected chi connectivity index (χ4v) is 2.53. The predicted octanol–water partition coefficient (Wildman–Crippen LogP) is 2.44. The second-order valence-corrected chi connectivity index (χ2v) is 5.87. The summed E-state index contributed by atoms with van der Waals surface area (Å²) in [5, 5.41) is 22.2. The number of aliphatic hydroxyl groups is 2. The fourth-order valence-electron chi connectivity index (χ4n) is 1.88. The Morgan fingerprint density at radius 1 is 1.24 bits per heavy atom. The Labute approximate surface area is 126 Å². The fraction of sp³-hybridized carbons (Fsp3) is 0.571. The maximum Gasteiger partial charge on any atom is 0.416 e. The van der Waals surface area contributed by atoms with Crippen LogP contribution in [-0.2, 0) is 6.18 Å². The lowest BCUT2D eigenvalue weighted by atomic mass is 10.1. The van der Waals surface area contributed by atoms with E-state index >= 15 is 0 Å². The zero-order valence-corrected chi connectivity index (χ0v) is 12.7. The summed E-state index contributed by atoms with van der Waals surface area (Å²) in [7, 11) is 0. The predicted molar refractivity (Wildman–Crippen MR) is 78.3 cm³/mol. The zero-order valence-electron chi connectivity index (χ0n) is 11.9. The van der Waals surface area contributed by atoms with Crippen LogP contribution in [0.5, 0.6) is 0 Å². The van der Waals surface area contributed by atoms with Gasteiger partial charge in [0.05, 0.1) is 18.3 Å². The third-order valence-corrected chi connectivity index (χ3v) is 4.46. The lowest BCUT2D eigenvalue weighted by Crippen LogP contribution is -2.39. The number of rotatable bonds is 7. The summed E-state index contributed by atoms with van der Waals surface area (Å²) in [6, 6.07) is 4.45. The van der Waals surface area contributed by atoms with Gasteiger partial charge in [0.2, 0.25) is 0 Å². The van der Waals surface area contributed by atoms with Crippen LogP contribution in [0.4, 0.5) is 13.2 Å². The van der Waals surface area contributed by atoms with Gasteiger partial charge in [-0.1, -0.05) is 12.1 Å². The Hall–Kier alpha value is -0.760. The molecule has 0 radical (unpaired) electrons. The second kappa shape index (κ2) is 8.03. The van der Waals surface area contributed by atoms with Crippen LogP contribution in [0.2, 0.25) is 0 Å². The average molecular weight is 323 g/mol. The molecule has 0 fully saturated rings. The van der Waals surface area contributed by atoms with E-state index < -0.39 is 17.8 Å². The lowest BCUT2D eigenvalue weighted by molar-refractivity contribution is -0.137. The van der Waals surface area contributed by atoms with Gasteiger partial charge in [-0.3, -0.25) is 0 Å². The summed E-state index contributed by atoms with van der Waals surface area (Å²) >= 11 is 1.51. The van der Waals surface area contributed by atoms with Crippen molar-refractivity contribution in [1.29, 1.82) is 0 Å². The van der Waals surface area contributed by atoms with Gasteiger partial charge in [-0.05, 0) is 30.9 Å². The number of hydrogen-bond acceptors (Lipinski definition) is 4. The maximum atomic E-state index is 12.4. The van der Waals surface area contributed by atoms with E-state index in [1.54, 1.807) is 0 Å². The molecule has 7 heteroatoms. The number of hydrogen-bond donors (Lipinski definition) is 3. The van der Waals surface area contributed by atoms with E-state index in [1.807, 2.05) is 13.2 Å². The minimum absolute atomic E-state index is 0.00445. The monoisotopic (exact) mass is 323 g/mol. The van der Waals surface area contributed by atoms with Crippen LogP contribution in [0.3, 0.4) is 0 Å². The topological polar surface area (TPSA) is 52.5 Å². The molecule has 0 aliphatic rings. The van der Waals surface area contributed by atoms with Gasteiger partial charge in [-0.25, -0.2) is 0 Å². The normalized spacial score (nSPS) is 16.5. The first-order chi connectivity index (χ1) is 9.79. The first-order valence-corrected chi connectivity index (χ1v) is 7.80. The van der Waals surface area contributed by atoms with Crippen LogP contribution in [-0.4, -0.2) is 40.9 Å². The summed E-state index contributed by atoms with van der Waals surface area (Å²) < 4.78 is 37.3. The minimum Gasteiger partial charge on any atom is -0.395 e. The Morgan fingerprint density at radius 3 is 2.24 bits per heavy atom. The molecule has 0 heterocycles. The molecule has 0 bridgehead atoms. The zero-order chi connectivity index (χ0) is 16.0. The molecule has 0 aliphatic carbocycles. The average Bonchev–Trinajstić information content (AvgIpc) is 2.45. The van der Waals surface area contributed by atoms with Crippen molar-refractivity contribution in [2.24, 2.45) is 0 Å². The van der Waals surface area contributed by atoms with Gasteiger partial charge < -0.3 is 15.5 Å². The summed E-state index contributed by atoms with van der Waals surface area (Å²) in [6.07, 6.45) is -3.38. The number of halogens is 3. The van der Waals surface area contributed by atoms with E-state index in [4.69, 9.17) is 5.11 Å². The van der Waals surface area contributed by atoms with Crippen LogP contribution in [0.15, 0.2) is 24.3 Å². The molecule has 0 spiro atoms. The first kappa shape index (κ1) is 18.3. The quantitative estimate of drug-likeness (QED) is 0.721. The number of benzene rings is 1. The maximum absolute atomic E-state index is 12.4. The molecule has 3 atom stereocenters. The Bertz CT molecular complexity index is 421. The van der Waals surface area contributed by atoms with Crippen molar-refractivity contribution in [2.45, 2.75) is 30.5 Å². The SMILES string of the molecule is CSC(CO)C(C)NCC(O)c1ccc(C(F)(F)F)cc1. The third-order valence-electron chi connectivity index (χ3n) is 3.30. The van der Waals surface area contributed by atoms with Crippen LogP contribution < -0.4 is 5.32 Å². The molecule has 3 nitrogen and oxygen atoms in total. The molecule has 3 unspecified atom stereocenters. The standard InChI is InChI=1S/C14H20F3NO2S/c1-9(13(8-19)21-2)18-7-12(20)10-3-5-11(6-4-10)14(15,16)17/h3-6,9,12-13,18-20H,7-8H2,1-2H3. The molecule has 1 rings (SSSR count). The number of thioether (sulfide) groups is 1. The summed E-state index contributed by atoms with van der Waals surface area (Å²) in [5.41, 5.74) is -0.310. The molecule has 0 aromatic heterocycles. The smallest absolute Gasteiger partial charge is 0.395 e. The molecule has 0 saturated heterocycles. The van der Waals surface area contributed by atoms with Crippen molar-refractivity contribution in [3.05, 3.63) is 35.4 Å². The highest BCUT2D eigenvalue weighted by atomic mass is 32.2. The minimum atomic E-state index is -4.37. The van der Waals surface area contributed by atoms with E-state index in [9.17, 15) is 18.3 Å². The number of nitrogens with one attached hydrogen (secondary N) is 1. The molecule has 0 saturated carbocycles. The molecular formula is C14H20F3NO2S. The highest BCUT2D eigenvalue weighted by Gasteiger charge is 2.30. The highest BCUT2D eigenvalue weighted by molar-refractivity contribution is 7.99. The van der Waals surface area contributed by atoms with Gasteiger partial charge in [0.1, 0.15) is 0 Å². The summed E-state index contributed by atoms with van der Waals surface area (Å²) in [4.78, 5) is 0. The van der Waals surface area contributed by atoms with Gasteiger partial charge in [-0.15, -0.1) is 0 Å². The van der Waals surface area contributed by atoms with E-state index in [0.717, 1.165) is 12.1 Å². The lowest BCUT2D eigenvalue weighted by Gasteiger charge is -2.23.